The Bertz CT molecular complexity index is 1130. The molecule has 0 aromatic carbocycles. The molecular formula is C18H14N8OS. The van der Waals surface area contributed by atoms with Crippen LogP contribution in [0.3, 0.4) is 0 Å². The van der Waals surface area contributed by atoms with Crippen molar-refractivity contribution in [2.24, 2.45) is 7.05 Å². The van der Waals surface area contributed by atoms with Crippen molar-refractivity contribution >= 4 is 28.2 Å². The highest BCUT2D eigenvalue weighted by Crippen LogP contribution is 2.37. The van der Waals surface area contributed by atoms with Gasteiger partial charge in [-0.25, -0.2) is 9.97 Å². The van der Waals surface area contributed by atoms with E-state index >= 15 is 0 Å². The molecule has 0 bridgehead atoms. The van der Waals surface area contributed by atoms with Crippen LogP contribution in [0.25, 0.3) is 0 Å². The summed E-state index contributed by atoms with van der Waals surface area (Å²) in [7, 11) is 1.74. The Hall–Kier alpha value is -3.76. The Morgan fingerprint density at radius 1 is 1.25 bits per heavy atom. The van der Waals surface area contributed by atoms with Gasteiger partial charge < -0.3 is 10.2 Å². The first kappa shape index (κ1) is 17.6. The lowest BCUT2D eigenvalue weighted by atomic mass is 10.0. The SMILES string of the molecule is Cn1cc(C(=O)Nc2sc3c(c2C#N)CCN(c2ncc(C#N)cn2)C3)cn1. The average molecular weight is 390 g/mol. The fraction of sp³-hybridized carbons (Fsp3) is 0.222. The van der Waals surface area contributed by atoms with Crippen molar-refractivity contribution in [3.05, 3.63) is 51.9 Å². The maximum absolute atomic E-state index is 12.4. The van der Waals surface area contributed by atoms with Crippen LogP contribution >= 0.6 is 11.3 Å². The van der Waals surface area contributed by atoms with E-state index < -0.39 is 0 Å². The second kappa shape index (κ2) is 7.10. The Labute approximate surface area is 164 Å². The van der Waals surface area contributed by atoms with Crippen LogP contribution in [0.5, 0.6) is 0 Å². The Kier molecular flexibility index (Phi) is 4.47. The number of carbonyl (C=O) groups is 1. The van der Waals surface area contributed by atoms with Gasteiger partial charge in [0.05, 0.1) is 41.8 Å². The van der Waals surface area contributed by atoms with Crippen LogP contribution < -0.4 is 10.2 Å². The van der Waals surface area contributed by atoms with Crippen LogP contribution in [-0.4, -0.2) is 32.2 Å². The van der Waals surface area contributed by atoms with Crippen molar-refractivity contribution in [3.8, 4) is 12.1 Å². The van der Waals surface area contributed by atoms with Gasteiger partial charge in [0.1, 0.15) is 17.1 Å². The largest absolute Gasteiger partial charge is 0.335 e. The van der Waals surface area contributed by atoms with Gasteiger partial charge in [0.2, 0.25) is 5.95 Å². The topological polar surface area (TPSA) is 124 Å². The highest BCUT2D eigenvalue weighted by Gasteiger charge is 2.26. The zero-order valence-electron chi connectivity index (χ0n) is 14.9. The number of rotatable bonds is 3. The first-order valence-corrected chi connectivity index (χ1v) is 9.22. The molecule has 4 heterocycles. The predicted octanol–water partition coefficient (Wildman–Crippen LogP) is 1.83. The summed E-state index contributed by atoms with van der Waals surface area (Å²) in [5.41, 5.74) is 2.31. The monoisotopic (exact) mass is 390 g/mol. The molecule has 3 aromatic rings. The van der Waals surface area contributed by atoms with Gasteiger partial charge in [-0.2, -0.15) is 15.6 Å². The number of hydrogen-bond acceptors (Lipinski definition) is 8. The number of hydrogen-bond donors (Lipinski definition) is 1. The molecule has 4 rings (SSSR count). The zero-order valence-corrected chi connectivity index (χ0v) is 15.7. The number of carbonyl (C=O) groups excluding carboxylic acids is 1. The van der Waals surface area contributed by atoms with E-state index in [4.69, 9.17) is 5.26 Å². The fourth-order valence-corrected chi connectivity index (χ4v) is 4.25. The first-order valence-electron chi connectivity index (χ1n) is 8.40. The standard InChI is InChI=1S/C18H14N8OS/c1-25-9-12(8-23-25)16(27)24-17-14(5-20)13-2-3-26(10-15(13)28-17)18-21-6-11(4-19)7-22-18/h6-9H,2-3,10H2,1H3,(H,24,27). The Morgan fingerprint density at radius 2 is 2.04 bits per heavy atom. The number of nitrogens with one attached hydrogen (secondary N) is 1. The highest BCUT2D eigenvalue weighted by atomic mass is 32.1. The highest BCUT2D eigenvalue weighted by molar-refractivity contribution is 7.16. The summed E-state index contributed by atoms with van der Waals surface area (Å²) in [6.07, 6.45) is 6.75. The third-order valence-electron chi connectivity index (χ3n) is 4.41. The molecule has 0 aliphatic carbocycles. The van der Waals surface area contributed by atoms with Crippen molar-refractivity contribution in [1.29, 1.82) is 10.5 Å². The molecule has 1 aliphatic rings. The molecule has 1 aliphatic heterocycles. The summed E-state index contributed by atoms with van der Waals surface area (Å²) >= 11 is 1.39. The van der Waals surface area contributed by atoms with E-state index in [-0.39, 0.29) is 5.91 Å². The van der Waals surface area contributed by atoms with Gasteiger partial charge in [0, 0.05) is 24.7 Å². The number of aryl methyl sites for hydroxylation is 1. The molecule has 1 amide bonds. The molecule has 9 nitrogen and oxygen atoms in total. The molecule has 0 spiro atoms. The van der Waals surface area contributed by atoms with Crippen molar-refractivity contribution in [1.82, 2.24) is 19.7 Å². The third kappa shape index (κ3) is 3.17. The summed E-state index contributed by atoms with van der Waals surface area (Å²) in [5.74, 6) is 0.244. The number of aromatic nitrogens is 4. The number of anilines is 2. The number of nitriles is 2. The average Bonchev–Trinajstić information content (AvgIpc) is 3.30. The van der Waals surface area contributed by atoms with Crippen molar-refractivity contribution in [3.63, 3.8) is 0 Å². The summed E-state index contributed by atoms with van der Waals surface area (Å²) in [6.45, 7) is 1.20. The van der Waals surface area contributed by atoms with Crippen molar-refractivity contribution in [2.75, 3.05) is 16.8 Å². The lowest BCUT2D eigenvalue weighted by Gasteiger charge is -2.26. The maximum atomic E-state index is 12.4. The van der Waals surface area contributed by atoms with Crippen molar-refractivity contribution < 1.29 is 4.79 Å². The van der Waals surface area contributed by atoms with Gasteiger partial charge in [-0.15, -0.1) is 11.3 Å². The first-order chi connectivity index (χ1) is 13.6. The molecule has 1 N–H and O–H groups in total. The molecule has 3 aromatic heterocycles. The van der Waals surface area contributed by atoms with Crippen LogP contribution in [0.2, 0.25) is 0 Å². The van der Waals surface area contributed by atoms with Gasteiger partial charge in [-0.05, 0) is 12.0 Å². The molecule has 138 valence electrons. The van der Waals surface area contributed by atoms with Crippen molar-refractivity contribution in [2.45, 2.75) is 13.0 Å². The summed E-state index contributed by atoms with van der Waals surface area (Å²) < 4.78 is 1.55. The number of amides is 1. The molecule has 0 saturated carbocycles. The molecule has 0 fully saturated rings. The normalized spacial score (nSPS) is 12.8. The Balaban J connectivity index is 1.58. The fourth-order valence-electron chi connectivity index (χ4n) is 3.04. The van der Waals surface area contributed by atoms with E-state index in [1.165, 1.54) is 29.9 Å². The second-order valence-electron chi connectivity index (χ2n) is 6.23. The van der Waals surface area contributed by atoms with Gasteiger partial charge in [-0.3, -0.25) is 9.48 Å². The third-order valence-corrected chi connectivity index (χ3v) is 5.55. The summed E-state index contributed by atoms with van der Waals surface area (Å²) in [5, 5.41) is 25.9. The van der Waals surface area contributed by atoms with E-state index in [2.05, 4.69) is 26.5 Å². The zero-order chi connectivity index (χ0) is 19.7. The predicted molar refractivity (Wildman–Crippen MR) is 102 cm³/mol. The number of fused-ring (bicyclic) bond motifs is 1. The lowest BCUT2D eigenvalue weighted by molar-refractivity contribution is 0.102. The van der Waals surface area contributed by atoms with Gasteiger partial charge in [-0.1, -0.05) is 0 Å². The molecule has 0 unspecified atom stereocenters. The van der Waals surface area contributed by atoms with Gasteiger partial charge in [0.15, 0.2) is 0 Å². The molecule has 28 heavy (non-hydrogen) atoms. The minimum Gasteiger partial charge on any atom is -0.335 e. The molecular weight excluding hydrogens is 376 g/mol. The lowest BCUT2D eigenvalue weighted by Crippen LogP contribution is -2.31. The van der Waals surface area contributed by atoms with Crippen LogP contribution in [0.15, 0.2) is 24.8 Å². The Morgan fingerprint density at radius 3 is 2.68 bits per heavy atom. The maximum Gasteiger partial charge on any atom is 0.259 e. The quantitative estimate of drug-likeness (QED) is 0.723. The number of thiophene rings is 1. The van der Waals surface area contributed by atoms with Crippen LogP contribution in [0.1, 0.15) is 31.9 Å². The van der Waals surface area contributed by atoms with E-state index in [0.717, 1.165) is 10.4 Å². The smallest absolute Gasteiger partial charge is 0.259 e. The van der Waals surface area contributed by atoms with Gasteiger partial charge in [0.25, 0.3) is 5.91 Å². The molecule has 10 heteroatoms. The molecule has 0 saturated heterocycles. The summed E-state index contributed by atoms with van der Waals surface area (Å²) in [6, 6.07) is 4.23. The van der Waals surface area contributed by atoms with Crippen LogP contribution in [0, 0.1) is 22.7 Å². The minimum atomic E-state index is -0.296. The van der Waals surface area contributed by atoms with Crippen LogP contribution in [-0.2, 0) is 20.0 Å². The second-order valence-corrected chi connectivity index (χ2v) is 7.34. The number of nitrogens with zero attached hydrogens (tertiary/aromatic N) is 7. The van der Waals surface area contributed by atoms with E-state index in [1.807, 2.05) is 11.0 Å². The molecule has 0 radical (unpaired) electrons. The van der Waals surface area contributed by atoms with E-state index in [9.17, 15) is 10.1 Å². The van der Waals surface area contributed by atoms with Crippen LogP contribution in [0.4, 0.5) is 10.9 Å². The van der Waals surface area contributed by atoms with E-state index in [0.29, 0.717) is 47.2 Å². The summed E-state index contributed by atoms with van der Waals surface area (Å²) in [4.78, 5) is 23.9. The minimum absolute atomic E-state index is 0.296. The van der Waals surface area contributed by atoms with E-state index in [1.54, 1.807) is 17.9 Å². The van der Waals surface area contributed by atoms with Gasteiger partial charge >= 0.3 is 0 Å². The molecule has 0 atom stereocenters.